The molecule has 0 aliphatic heterocycles. The van der Waals surface area contributed by atoms with Crippen LogP contribution in [0.2, 0.25) is 0 Å². The van der Waals surface area contributed by atoms with Crippen LogP contribution in [-0.2, 0) is 17.1 Å². The van der Waals surface area contributed by atoms with Crippen LogP contribution >= 0.6 is 11.5 Å². The minimum atomic E-state index is -3.93. The fourth-order valence-electron chi connectivity index (χ4n) is 1.72. The molecule has 1 N–H and O–H groups in total. The van der Waals surface area contributed by atoms with Gasteiger partial charge < -0.3 is 9.67 Å². The van der Waals surface area contributed by atoms with Crippen LogP contribution in [0.15, 0.2) is 11.2 Å². The van der Waals surface area contributed by atoms with Crippen LogP contribution in [0.25, 0.3) is 0 Å². The summed E-state index contributed by atoms with van der Waals surface area (Å²) in [7, 11) is -0.956. The summed E-state index contributed by atoms with van der Waals surface area (Å²) < 4.78 is 31.4. The molecule has 0 saturated carbocycles. The summed E-state index contributed by atoms with van der Waals surface area (Å²) in [5.74, 6) is -0.670. The number of aromatic carboxylic acids is 1. The number of nitrogens with zero attached hydrogens (tertiary/aromatic N) is 4. The van der Waals surface area contributed by atoms with E-state index in [9.17, 15) is 18.3 Å². The van der Waals surface area contributed by atoms with Crippen LogP contribution in [0.5, 0.6) is 0 Å². The van der Waals surface area contributed by atoms with Crippen molar-refractivity contribution >= 4 is 32.5 Å². The third kappa shape index (κ3) is 2.51. The molecule has 0 bridgehead atoms. The van der Waals surface area contributed by atoms with Gasteiger partial charge in [-0.25, -0.2) is 9.78 Å². The average Bonchev–Trinajstić information content (AvgIpc) is 2.93. The Morgan fingerprint density at radius 2 is 2.05 bits per heavy atom. The second kappa shape index (κ2) is 5.11. The molecule has 21 heavy (non-hydrogen) atoms. The lowest BCUT2D eigenvalue weighted by Gasteiger charge is -2.16. The summed E-state index contributed by atoms with van der Waals surface area (Å²) >= 11 is 0.826. The van der Waals surface area contributed by atoms with E-state index >= 15 is 0 Å². The average molecular weight is 330 g/mol. The smallest absolute Gasteiger partial charge is 0.340 e. The maximum atomic E-state index is 12.5. The molecule has 8 nitrogen and oxygen atoms in total. The molecule has 2 aromatic heterocycles. The molecule has 0 aromatic carbocycles. The van der Waals surface area contributed by atoms with Gasteiger partial charge in [-0.3, -0.25) is 4.31 Å². The molecule has 0 unspecified atom stereocenters. The number of carboxylic acids is 1. The maximum absolute atomic E-state index is 12.5. The van der Waals surface area contributed by atoms with E-state index in [1.54, 1.807) is 18.5 Å². The topological polar surface area (TPSA) is 105 Å². The Bertz CT molecular complexity index is 787. The van der Waals surface area contributed by atoms with E-state index in [2.05, 4.69) is 9.36 Å². The van der Waals surface area contributed by atoms with Gasteiger partial charge in [0.05, 0.1) is 5.69 Å². The van der Waals surface area contributed by atoms with Gasteiger partial charge in [0.25, 0.3) is 10.0 Å². The van der Waals surface area contributed by atoms with Crippen LogP contribution in [0.1, 0.15) is 21.9 Å². The van der Waals surface area contributed by atoms with Crippen LogP contribution in [0, 0.1) is 13.8 Å². The van der Waals surface area contributed by atoms with Crippen molar-refractivity contribution in [3.05, 3.63) is 23.3 Å². The van der Waals surface area contributed by atoms with Gasteiger partial charge in [-0.05, 0) is 25.4 Å². The monoisotopic (exact) mass is 330 g/mol. The van der Waals surface area contributed by atoms with Gasteiger partial charge in [0.15, 0.2) is 5.03 Å². The standard InChI is InChI=1S/C11H14N4O4S2/c1-6-9(11(16)17)10(20-13-6)15(4)21(18,19)8-5-14(3)7(2)12-8/h5H,1-4H3,(H,16,17). The van der Waals surface area contributed by atoms with Gasteiger partial charge in [-0.15, -0.1) is 0 Å². The second-order valence-electron chi connectivity index (χ2n) is 4.46. The van der Waals surface area contributed by atoms with Crippen LogP contribution < -0.4 is 4.31 Å². The summed E-state index contributed by atoms with van der Waals surface area (Å²) in [5, 5.41) is 9.12. The van der Waals surface area contributed by atoms with Crippen LogP contribution in [-0.4, -0.2) is 40.5 Å². The molecule has 0 radical (unpaired) electrons. The number of carbonyl (C=O) groups is 1. The number of hydrogen-bond acceptors (Lipinski definition) is 6. The highest BCUT2D eigenvalue weighted by Gasteiger charge is 2.30. The Labute approximate surface area is 125 Å². The Balaban J connectivity index is 2.53. The SMILES string of the molecule is Cc1nsc(N(C)S(=O)(=O)c2cn(C)c(C)n2)c1C(=O)O. The first-order valence-electron chi connectivity index (χ1n) is 5.84. The molecule has 2 rings (SSSR count). The van der Waals surface area contributed by atoms with Crippen LogP contribution in [0.3, 0.4) is 0 Å². The lowest BCUT2D eigenvalue weighted by atomic mass is 10.2. The first kappa shape index (κ1) is 15.4. The normalized spacial score (nSPS) is 11.6. The van der Waals surface area contributed by atoms with Gasteiger partial charge >= 0.3 is 5.97 Å². The third-order valence-electron chi connectivity index (χ3n) is 3.06. The zero-order valence-corrected chi connectivity index (χ0v) is 13.5. The molecule has 2 heterocycles. The number of rotatable bonds is 4. The van der Waals surface area contributed by atoms with E-state index in [4.69, 9.17) is 0 Å². The van der Waals surface area contributed by atoms with Gasteiger partial charge in [-0.1, -0.05) is 0 Å². The summed E-state index contributed by atoms with van der Waals surface area (Å²) in [5.41, 5.74) is 0.167. The lowest BCUT2D eigenvalue weighted by Crippen LogP contribution is -2.27. The van der Waals surface area contributed by atoms with E-state index in [0.717, 1.165) is 15.8 Å². The first-order chi connectivity index (χ1) is 9.66. The van der Waals surface area contributed by atoms with Crippen molar-refractivity contribution in [2.45, 2.75) is 18.9 Å². The number of sulfonamides is 1. The number of aromatic nitrogens is 3. The van der Waals surface area contributed by atoms with Gasteiger partial charge in [0, 0.05) is 20.3 Å². The van der Waals surface area contributed by atoms with E-state index in [1.807, 2.05) is 0 Å². The summed E-state index contributed by atoms with van der Waals surface area (Å²) in [6, 6.07) is 0. The Hall–Kier alpha value is -1.94. The van der Waals surface area contributed by atoms with Crippen molar-refractivity contribution in [2.24, 2.45) is 7.05 Å². The fraction of sp³-hybridized carbons (Fsp3) is 0.364. The number of anilines is 1. The van der Waals surface area contributed by atoms with E-state index in [-0.39, 0.29) is 21.3 Å². The molecule has 0 fully saturated rings. The Morgan fingerprint density at radius 3 is 2.52 bits per heavy atom. The molecule has 114 valence electrons. The third-order valence-corrected chi connectivity index (χ3v) is 5.82. The molecule has 0 amide bonds. The molecule has 2 aromatic rings. The molecule has 0 atom stereocenters. The van der Waals surface area contributed by atoms with Crippen molar-refractivity contribution < 1.29 is 18.3 Å². The summed E-state index contributed by atoms with van der Waals surface area (Å²) in [4.78, 5) is 15.2. The summed E-state index contributed by atoms with van der Waals surface area (Å²) in [6.45, 7) is 3.20. The number of hydrogen-bond donors (Lipinski definition) is 1. The predicted molar refractivity (Wildman–Crippen MR) is 77.3 cm³/mol. The molecule has 0 saturated heterocycles. The molecule has 0 aliphatic carbocycles. The van der Waals surface area contributed by atoms with Crippen molar-refractivity contribution in [1.29, 1.82) is 0 Å². The Morgan fingerprint density at radius 1 is 1.43 bits per heavy atom. The molecular weight excluding hydrogens is 316 g/mol. The number of imidazole rings is 1. The van der Waals surface area contributed by atoms with E-state index < -0.39 is 16.0 Å². The highest BCUT2D eigenvalue weighted by atomic mass is 32.2. The second-order valence-corrected chi connectivity index (χ2v) is 7.13. The minimum Gasteiger partial charge on any atom is -0.478 e. The van der Waals surface area contributed by atoms with E-state index in [0.29, 0.717) is 5.82 Å². The van der Waals surface area contributed by atoms with Gasteiger partial charge in [-0.2, -0.15) is 12.8 Å². The molecule has 0 spiro atoms. The van der Waals surface area contributed by atoms with Crippen molar-refractivity contribution in [1.82, 2.24) is 13.9 Å². The summed E-state index contributed by atoms with van der Waals surface area (Å²) in [6.07, 6.45) is 1.38. The van der Waals surface area contributed by atoms with Crippen molar-refractivity contribution in [2.75, 3.05) is 11.4 Å². The number of aryl methyl sites for hydroxylation is 3. The zero-order chi connectivity index (χ0) is 15.9. The number of carboxylic acid groups (broad SMARTS) is 1. The predicted octanol–water partition coefficient (Wildman–Crippen LogP) is 1.02. The van der Waals surface area contributed by atoms with Gasteiger partial charge in [0.2, 0.25) is 0 Å². The first-order valence-corrected chi connectivity index (χ1v) is 8.06. The minimum absolute atomic E-state index is 0.0586. The van der Waals surface area contributed by atoms with Crippen molar-refractivity contribution in [3.8, 4) is 0 Å². The molecule has 10 heteroatoms. The molecular formula is C11H14N4O4S2. The van der Waals surface area contributed by atoms with E-state index in [1.165, 1.54) is 20.2 Å². The van der Waals surface area contributed by atoms with Crippen LogP contribution in [0.4, 0.5) is 5.00 Å². The molecule has 0 aliphatic rings. The fourth-order valence-corrected chi connectivity index (χ4v) is 4.00. The highest BCUT2D eigenvalue weighted by Crippen LogP contribution is 2.31. The maximum Gasteiger partial charge on any atom is 0.340 e. The Kier molecular flexibility index (Phi) is 3.76. The van der Waals surface area contributed by atoms with Gasteiger partial charge in [0.1, 0.15) is 16.4 Å². The van der Waals surface area contributed by atoms with Crippen molar-refractivity contribution in [3.63, 3.8) is 0 Å². The zero-order valence-electron chi connectivity index (χ0n) is 11.9. The highest BCUT2D eigenvalue weighted by molar-refractivity contribution is 7.92. The lowest BCUT2D eigenvalue weighted by molar-refractivity contribution is 0.0697. The quantitative estimate of drug-likeness (QED) is 0.897. The largest absolute Gasteiger partial charge is 0.478 e.